The second-order valence-electron chi connectivity index (χ2n) is 5.14. The molecule has 2 rings (SSSR count). The molecule has 0 aliphatic carbocycles. The number of anilines is 2. The van der Waals surface area contributed by atoms with Crippen molar-refractivity contribution in [3.05, 3.63) is 53.6 Å². The molecule has 6 heteroatoms. The number of aryl methyl sites for hydroxylation is 2. The van der Waals surface area contributed by atoms with Crippen molar-refractivity contribution in [3.8, 4) is 0 Å². The molecule has 116 valence electrons. The van der Waals surface area contributed by atoms with Crippen LogP contribution in [0, 0.1) is 13.8 Å². The summed E-state index contributed by atoms with van der Waals surface area (Å²) in [6.45, 7) is 5.07. The molecule has 0 radical (unpaired) electrons. The first kappa shape index (κ1) is 16.0. The summed E-state index contributed by atoms with van der Waals surface area (Å²) in [5.74, 6) is -0.214. The van der Waals surface area contributed by atoms with Crippen molar-refractivity contribution in [1.82, 2.24) is 0 Å². The number of carbonyl (C=O) groups excluding carboxylic acids is 1. The molecule has 0 atom stereocenters. The van der Waals surface area contributed by atoms with Gasteiger partial charge in [-0.3, -0.25) is 9.52 Å². The molecule has 0 spiro atoms. The Balaban J connectivity index is 2.30. The lowest BCUT2D eigenvalue weighted by Gasteiger charge is -2.12. The topological polar surface area (TPSA) is 75.3 Å². The van der Waals surface area contributed by atoms with Gasteiger partial charge in [0.1, 0.15) is 0 Å². The lowest BCUT2D eigenvalue weighted by atomic mass is 10.2. The quantitative estimate of drug-likeness (QED) is 0.909. The van der Waals surface area contributed by atoms with Crippen molar-refractivity contribution in [2.75, 3.05) is 10.0 Å². The van der Waals surface area contributed by atoms with E-state index in [9.17, 15) is 13.2 Å². The largest absolute Gasteiger partial charge is 0.326 e. The average molecular weight is 318 g/mol. The van der Waals surface area contributed by atoms with Gasteiger partial charge in [0.25, 0.3) is 10.0 Å². The maximum absolute atomic E-state index is 12.5. The minimum Gasteiger partial charge on any atom is -0.326 e. The van der Waals surface area contributed by atoms with Crippen LogP contribution in [0.1, 0.15) is 18.1 Å². The highest BCUT2D eigenvalue weighted by molar-refractivity contribution is 7.92. The highest BCUT2D eigenvalue weighted by Gasteiger charge is 2.17. The van der Waals surface area contributed by atoms with E-state index in [1.807, 2.05) is 13.0 Å². The number of nitrogens with one attached hydrogen (secondary N) is 2. The number of hydrogen-bond acceptors (Lipinski definition) is 3. The van der Waals surface area contributed by atoms with Crippen LogP contribution in [0.15, 0.2) is 47.4 Å². The van der Waals surface area contributed by atoms with Gasteiger partial charge in [-0.25, -0.2) is 8.42 Å². The molecule has 2 aromatic rings. The van der Waals surface area contributed by atoms with Gasteiger partial charge in [0.2, 0.25) is 5.91 Å². The van der Waals surface area contributed by atoms with Crippen LogP contribution in [0.4, 0.5) is 11.4 Å². The lowest BCUT2D eigenvalue weighted by molar-refractivity contribution is -0.114. The fourth-order valence-corrected chi connectivity index (χ4v) is 3.45. The van der Waals surface area contributed by atoms with Crippen LogP contribution in [0.5, 0.6) is 0 Å². The van der Waals surface area contributed by atoms with Gasteiger partial charge in [0, 0.05) is 12.6 Å². The maximum atomic E-state index is 12.5. The Hall–Kier alpha value is -2.34. The Kier molecular flexibility index (Phi) is 4.51. The van der Waals surface area contributed by atoms with Crippen LogP contribution < -0.4 is 10.0 Å². The molecule has 0 saturated heterocycles. The number of carbonyl (C=O) groups is 1. The van der Waals surface area contributed by atoms with Crippen LogP contribution in [-0.4, -0.2) is 14.3 Å². The van der Waals surface area contributed by atoms with Crippen molar-refractivity contribution in [2.24, 2.45) is 0 Å². The van der Waals surface area contributed by atoms with Gasteiger partial charge >= 0.3 is 0 Å². The van der Waals surface area contributed by atoms with Crippen LogP contribution in [0.2, 0.25) is 0 Å². The zero-order valence-electron chi connectivity index (χ0n) is 12.7. The van der Waals surface area contributed by atoms with Gasteiger partial charge in [0.05, 0.1) is 10.6 Å². The molecule has 1 amide bonds. The molecule has 0 fully saturated rings. The van der Waals surface area contributed by atoms with Crippen molar-refractivity contribution < 1.29 is 13.2 Å². The summed E-state index contributed by atoms with van der Waals surface area (Å²) in [7, 11) is -3.67. The molecule has 0 aromatic heterocycles. The predicted octanol–water partition coefficient (Wildman–Crippen LogP) is 3.06. The molecule has 22 heavy (non-hydrogen) atoms. The van der Waals surface area contributed by atoms with Gasteiger partial charge in [-0.1, -0.05) is 23.8 Å². The molecule has 0 aliphatic rings. The van der Waals surface area contributed by atoms with Crippen LogP contribution in [-0.2, 0) is 14.8 Å². The number of amides is 1. The monoisotopic (exact) mass is 318 g/mol. The Labute approximate surface area is 130 Å². The van der Waals surface area contributed by atoms with E-state index >= 15 is 0 Å². The van der Waals surface area contributed by atoms with Gasteiger partial charge in [-0.15, -0.1) is 0 Å². The Morgan fingerprint density at radius 1 is 1.00 bits per heavy atom. The van der Waals surface area contributed by atoms with Gasteiger partial charge < -0.3 is 5.32 Å². The Bertz CT molecular complexity index is 814. The number of hydrogen-bond donors (Lipinski definition) is 2. The fourth-order valence-electron chi connectivity index (χ4n) is 2.17. The number of rotatable bonds is 4. The summed E-state index contributed by atoms with van der Waals surface area (Å²) >= 11 is 0. The fraction of sp³-hybridized carbons (Fsp3) is 0.188. The second-order valence-corrected chi connectivity index (χ2v) is 6.79. The van der Waals surface area contributed by atoms with E-state index in [1.54, 1.807) is 43.3 Å². The molecule has 2 aromatic carbocycles. The summed E-state index contributed by atoms with van der Waals surface area (Å²) in [5, 5.41) is 2.62. The van der Waals surface area contributed by atoms with Crippen molar-refractivity contribution in [2.45, 2.75) is 25.7 Å². The van der Waals surface area contributed by atoms with Crippen molar-refractivity contribution in [1.29, 1.82) is 0 Å². The highest BCUT2D eigenvalue weighted by Crippen LogP contribution is 2.22. The molecule has 0 unspecified atom stereocenters. The minimum absolute atomic E-state index is 0.214. The molecule has 5 nitrogen and oxygen atoms in total. The van der Waals surface area contributed by atoms with E-state index < -0.39 is 10.0 Å². The average Bonchev–Trinajstić information content (AvgIpc) is 2.36. The van der Waals surface area contributed by atoms with Gasteiger partial charge in [0.15, 0.2) is 0 Å². The van der Waals surface area contributed by atoms with Gasteiger partial charge in [-0.2, -0.15) is 0 Å². The van der Waals surface area contributed by atoms with Crippen LogP contribution in [0.25, 0.3) is 0 Å². The predicted molar refractivity (Wildman–Crippen MR) is 87.5 cm³/mol. The summed E-state index contributed by atoms with van der Waals surface area (Å²) in [6.07, 6.45) is 0. The summed E-state index contributed by atoms with van der Waals surface area (Å²) in [6, 6.07) is 11.7. The molecule has 0 bridgehead atoms. The molecule has 0 saturated carbocycles. The standard InChI is InChI=1S/C16H18N2O3S/c1-11-7-8-16(12(2)9-11)22(20,21)18-15-6-4-5-14(10-15)17-13(3)19/h4-10,18H,1-3H3,(H,17,19). The molecule has 0 aliphatic heterocycles. The third-order valence-corrected chi connectivity index (χ3v) is 4.60. The summed E-state index contributed by atoms with van der Waals surface area (Å²) in [4.78, 5) is 11.3. The Morgan fingerprint density at radius 2 is 1.68 bits per heavy atom. The number of sulfonamides is 1. The third kappa shape index (κ3) is 3.85. The van der Waals surface area contributed by atoms with E-state index in [-0.39, 0.29) is 10.8 Å². The van der Waals surface area contributed by atoms with Crippen LogP contribution >= 0.6 is 0 Å². The van der Waals surface area contributed by atoms with Crippen LogP contribution in [0.3, 0.4) is 0 Å². The Morgan fingerprint density at radius 3 is 2.32 bits per heavy atom. The van der Waals surface area contributed by atoms with E-state index in [1.165, 1.54) is 6.92 Å². The van der Waals surface area contributed by atoms with E-state index in [4.69, 9.17) is 0 Å². The lowest BCUT2D eigenvalue weighted by Crippen LogP contribution is -2.14. The first-order valence-corrected chi connectivity index (χ1v) is 8.24. The summed E-state index contributed by atoms with van der Waals surface area (Å²) in [5.41, 5.74) is 2.62. The zero-order valence-corrected chi connectivity index (χ0v) is 13.5. The first-order chi connectivity index (χ1) is 10.3. The SMILES string of the molecule is CC(=O)Nc1cccc(NS(=O)(=O)c2ccc(C)cc2C)c1. The smallest absolute Gasteiger partial charge is 0.262 e. The highest BCUT2D eigenvalue weighted by atomic mass is 32.2. The second kappa shape index (κ2) is 6.19. The van der Waals surface area contributed by atoms with E-state index in [2.05, 4.69) is 10.0 Å². The number of benzene rings is 2. The molecule has 0 heterocycles. The third-order valence-electron chi connectivity index (χ3n) is 3.06. The van der Waals surface area contributed by atoms with E-state index in [0.717, 1.165) is 5.56 Å². The van der Waals surface area contributed by atoms with Crippen molar-refractivity contribution in [3.63, 3.8) is 0 Å². The van der Waals surface area contributed by atoms with E-state index in [0.29, 0.717) is 16.9 Å². The summed E-state index contributed by atoms with van der Waals surface area (Å²) < 4.78 is 27.5. The minimum atomic E-state index is -3.67. The molecule has 2 N–H and O–H groups in total. The zero-order chi connectivity index (χ0) is 16.3. The molecular weight excluding hydrogens is 300 g/mol. The van der Waals surface area contributed by atoms with Gasteiger partial charge in [-0.05, 0) is 43.7 Å². The first-order valence-electron chi connectivity index (χ1n) is 6.76. The van der Waals surface area contributed by atoms with Crippen molar-refractivity contribution >= 4 is 27.3 Å². The maximum Gasteiger partial charge on any atom is 0.262 e. The molecular formula is C16H18N2O3S. The normalized spacial score (nSPS) is 11.0.